The Morgan fingerprint density at radius 1 is 1.36 bits per heavy atom. The van der Waals surface area contributed by atoms with Crippen LogP contribution in [0, 0.1) is 6.92 Å². The van der Waals surface area contributed by atoms with Crippen LogP contribution in [-0.4, -0.2) is 9.97 Å². The van der Waals surface area contributed by atoms with Gasteiger partial charge in [-0.25, -0.2) is 9.97 Å². The molecule has 1 aliphatic rings. The summed E-state index contributed by atoms with van der Waals surface area (Å²) >= 11 is 0. The number of hydrogen-bond acceptors (Lipinski definition) is 3. The summed E-state index contributed by atoms with van der Waals surface area (Å²) in [5.74, 6) is 1.44. The second kappa shape index (κ2) is 4.05. The largest absolute Gasteiger partial charge is 0.324 e. The third-order valence-corrected chi connectivity index (χ3v) is 2.88. The Balaban J connectivity index is 2.27. The van der Waals surface area contributed by atoms with Crippen molar-refractivity contribution in [1.82, 2.24) is 9.97 Å². The standard InChI is InChI=1S/C11H17N3/c1-8-6-10(9-4-2-3-5-9)14-11(7-12)13-8/h6,9H,2-5,7,12H2,1H3. The van der Waals surface area contributed by atoms with Crippen molar-refractivity contribution in [3.05, 3.63) is 23.3 Å². The molecule has 14 heavy (non-hydrogen) atoms. The Kier molecular flexibility index (Phi) is 2.77. The zero-order valence-corrected chi connectivity index (χ0v) is 8.66. The lowest BCUT2D eigenvalue weighted by atomic mass is 10.0. The first-order valence-corrected chi connectivity index (χ1v) is 5.34. The smallest absolute Gasteiger partial charge is 0.142 e. The van der Waals surface area contributed by atoms with Crippen molar-refractivity contribution < 1.29 is 0 Å². The highest BCUT2D eigenvalue weighted by atomic mass is 14.9. The first-order chi connectivity index (χ1) is 6.79. The molecular formula is C11H17N3. The van der Waals surface area contributed by atoms with E-state index in [1.807, 2.05) is 6.92 Å². The van der Waals surface area contributed by atoms with Gasteiger partial charge in [0.15, 0.2) is 0 Å². The Morgan fingerprint density at radius 3 is 2.71 bits per heavy atom. The Labute approximate surface area is 84.8 Å². The van der Waals surface area contributed by atoms with Crippen molar-refractivity contribution in [2.75, 3.05) is 0 Å². The molecule has 0 aromatic carbocycles. The van der Waals surface area contributed by atoms with Crippen LogP contribution in [0.1, 0.15) is 48.8 Å². The predicted molar refractivity (Wildman–Crippen MR) is 55.9 cm³/mol. The topological polar surface area (TPSA) is 51.8 Å². The highest BCUT2D eigenvalue weighted by molar-refractivity contribution is 5.15. The molecule has 1 aromatic heterocycles. The van der Waals surface area contributed by atoms with Crippen LogP contribution in [-0.2, 0) is 6.54 Å². The summed E-state index contributed by atoms with van der Waals surface area (Å²) in [7, 11) is 0. The van der Waals surface area contributed by atoms with Crippen LogP contribution >= 0.6 is 0 Å². The van der Waals surface area contributed by atoms with Crippen molar-refractivity contribution in [3.8, 4) is 0 Å². The summed E-state index contributed by atoms with van der Waals surface area (Å²) in [6.45, 7) is 2.46. The Morgan fingerprint density at radius 2 is 2.07 bits per heavy atom. The van der Waals surface area contributed by atoms with Gasteiger partial charge in [0.2, 0.25) is 0 Å². The van der Waals surface area contributed by atoms with Gasteiger partial charge in [-0.1, -0.05) is 12.8 Å². The number of hydrogen-bond donors (Lipinski definition) is 1. The first-order valence-electron chi connectivity index (χ1n) is 5.34. The molecule has 1 fully saturated rings. The van der Waals surface area contributed by atoms with Crippen molar-refractivity contribution in [1.29, 1.82) is 0 Å². The van der Waals surface area contributed by atoms with E-state index in [0.29, 0.717) is 12.5 Å². The van der Waals surface area contributed by atoms with Gasteiger partial charge in [-0.15, -0.1) is 0 Å². The van der Waals surface area contributed by atoms with Crippen molar-refractivity contribution >= 4 is 0 Å². The summed E-state index contributed by atoms with van der Waals surface area (Å²) in [4.78, 5) is 8.79. The molecule has 76 valence electrons. The molecule has 0 amide bonds. The van der Waals surface area contributed by atoms with Gasteiger partial charge in [0.05, 0.1) is 6.54 Å². The molecule has 0 spiro atoms. The molecule has 0 radical (unpaired) electrons. The fraction of sp³-hybridized carbons (Fsp3) is 0.636. The van der Waals surface area contributed by atoms with Crippen LogP contribution in [0.5, 0.6) is 0 Å². The van der Waals surface area contributed by atoms with E-state index in [1.54, 1.807) is 0 Å². The summed E-state index contributed by atoms with van der Waals surface area (Å²) in [5, 5.41) is 0. The zero-order valence-electron chi connectivity index (χ0n) is 8.66. The van der Waals surface area contributed by atoms with Crippen LogP contribution in [0.25, 0.3) is 0 Å². The van der Waals surface area contributed by atoms with Crippen LogP contribution in [0.3, 0.4) is 0 Å². The molecule has 0 bridgehead atoms. The quantitative estimate of drug-likeness (QED) is 0.776. The maximum atomic E-state index is 5.56. The van der Waals surface area contributed by atoms with E-state index in [4.69, 9.17) is 5.73 Å². The minimum absolute atomic E-state index is 0.446. The molecule has 2 N–H and O–H groups in total. The van der Waals surface area contributed by atoms with Gasteiger partial charge < -0.3 is 5.73 Å². The maximum Gasteiger partial charge on any atom is 0.142 e. The summed E-state index contributed by atoms with van der Waals surface area (Å²) in [6, 6.07) is 2.11. The van der Waals surface area contributed by atoms with Gasteiger partial charge in [-0.05, 0) is 25.8 Å². The normalized spacial score (nSPS) is 17.6. The van der Waals surface area contributed by atoms with Gasteiger partial charge in [0.1, 0.15) is 5.82 Å². The lowest BCUT2D eigenvalue weighted by Gasteiger charge is -2.10. The molecular weight excluding hydrogens is 174 g/mol. The second-order valence-corrected chi connectivity index (χ2v) is 4.04. The minimum atomic E-state index is 0.446. The van der Waals surface area contributed by atoms with Crippen molar-refractivity contribution in [2.45, 2.75) is 45.1 Å². The van der Waals surface area contributed by atoms with Gasteiger partial charge in [0.25, 0.3) is 0 Å². The van der Waals surface area contributed by atoms with Crippen LogP contribution < -0.4 is 5.73 Å². The first kappa shape index (κ1) is 9.59. The third-order valence-electron chi connectivity index (χ3n) is 2.88. The molecule has 3 heteroatoms. The minimum Gasteiger partial charge on any atom is -0.324 e. The number of rotatable bonds is 2. The van der Waals surface area contributed by atoms with Crippen LogP contribution in [0.15, 0.2) is 6.07 Å². The van der Waals surface area contributed by atoms with Crippen molar-refractivity contribution in [2.24, 2.45) is 5.73 Å². The van der Waals surface area contributed by atoms with Crippen molar-refractivity contribution in [3.63, 3.8) is 0 Å². The molecule has 0 aliphatic heterocycles. The fourth-order valence-electron chi connectivity index (χ4n) is 2.18. The second-order valence-electron chi connectivity index (χ2n) is 4.04. The summed E-state index contributed by atoms with van der Waals surface area (Å²) in [6.07, 6.45) is 5.23. The van der Waals surface area contributed by atoms with Gasteiger partial charge in [-0.3, -0.25) is 0 Å². The molecule has 1 saturated carbocycles. The van der Waals surface area contributed by atoms with Gasteiger partial charge in [-0.2, -0.15) is 0 Å². The van der Waals surface area contributed by atoms with E-state index >= 15 is 0 Å². The van der Waals surface area contributed by atoms with E-state index in [0.717, 1.165) is 11.5 Å². The molecule has 3 nitrogen and oxygen atoms in total. The average molecular weight is 191 g/mol. The Bertz CT molecular complexity index is 316. The fourth-order valence-corrected chi connectivity index (χ4v) is 2.18. The molecule has 2 rings (SSSR count). The summed E-state index contributed by atoms with van der Waals surface area (Å²) in [5.41, 5.74) is 7.81. The monoisotopic (exact) mass is 191 g/mol. The van der Waals surface area contributed by atoms with Gasteiger partial charge in [0, 0.05) is 17.3 Å². The molecule has 0 saturated heterocycles. The number of nitrogens with zero attached hydrogens (tertiary/aromatic N) is 2. The van der Waals surface area contributed by atoms with E-state index in [2.05, 4.69) is 16.0 Å². The van der Waals surface area contributed by atoms with Crippen LogP contribution in [0.2, 0.25) is 0 Å². The molecule has 1 aromatic rings. The SMILES string of the molecule is Cc1cc(C2CCCC2)nc(CN)n1. The zero-order chi connectivity index (χ0) is 9.97. The lowest BCUT2D eigenvalue weighted by Crippen LogP contribution is -2.08. The number of nitrogens with two attached hydrogens (primary N) is 1. The van der Waals surface area contributed by atoms with E-state index in [9.17, 15) is 0 Å². The molecule has 1 aliphatic carbocycles. The summed E-state index contributed by atoms with van der Waals surface area (Å²) < 4.78 is 0. The van der Waals surface area contributed by atoms with E-state index in [1.165, 1.54) is 31.4 Å². The average Bonchev–Trinajstić information content (AvgIpc) is 2.69. The number of aromatic nitrogens is 2. The van der Waals surface area contributed by atoms with E-state index in [-0.39, 0.29) is 0 Å². The highest BCUT2D eigenvalue weighted by Crippen LogP contribution is 2.32. The predicted octanol–water partition coefficient (Wildman–Crippen LogP) is 1.90. The van der Waals surface area contributed by atoms with Crippen LogP contribution in [0.4, 0.5) is 0 Å². The lowest BCUT2D eigenvalue weighted by molar-refractivity contribution is 0.680. The molecule has 0 unspecified atom stereocenters. The Hall–Kier alpha value is -0.960. The third kappa shape index (κ3) is 1.93. The molecule has 0 atom stereocenters. The van der Waals surface area contributed by atoms with E-state index < -0.39 is 0 Å². The highest BCUT2D eigenvalue weighted by Gasteiger charge is 2.19. The van der Waals surface area contributed by atoms with Gasteiger partial charge >= 0.3 is 0 Å². The number of aryl methyl sites for hydroxylation is 1. The molecule has 1 heterocycles. The maximum absolute atomic E-state index is 5.56.